The van der Waals surface area contributed by atoms with Crippen LogP contribution in [0.25, 0.3) is 0 Å². The number of hydrogen-bond donors (Lipinski definition) is 1. The fourth-order valence-electron chi connectivity index (χ4n) is 3.47. The molecule has 0 aliphatic carbocycles. The first kappa shape index (κ1) is 27.0. The highest BCUT2D eigenvalue weighted by molar-refractivity contribution is 5.86. The second-order valence-electron chi connectivity index (χ2n) is 8.30. The summed E-state index contributed by atoms with van der Waals surface area (Å²) in [5, 5.41) is 4.54. The van der Waals surface area contributed by atoms with Crippen molar-refractivity contribution < 1.29 is 13.2 Å². The first-order chi connectivity index (χ1) is 16.1. The van der Waals surface area contributed by atoms with Crippen LogP contribution in [0.15, 0.2) is 78.2 Å². The van der Waals surface area contributed by atoms with E-state index in [-0.39, 0.29) is 6.42 Å². The molecule has 2 rings (SSSR count). The zero-order chi connectivity index (χ0) is 25.3. The lowest BCUT2D eigenvalue weighted by Crippen LogP contribution is -2.36. The number of rotatable bonds is 11. The van der Waals surface area contributed by atoms with Crippen LogP contribution in [0.4, 0.5) is 13.2 Å². The summed E-state index contributed by atoms with van der Waals surface area (Å²) in [5.41, 5.74) is 6.38. The largest absolute Gasteiger partial charge is 0.416 e. The van der Waals surface area contributed by atoms with E-state index in [2.05, 4.69) is 30.6 Å². The Morgan fingerprint density at radius 3 is 2.26 bits per heavy atom. The van der Waals surface area contributed by atoms with Gasteiger partial charge in [-0.15, -0.1) is 0 Å². The highest BCUT2D eigenvalue weighted by atomic mass is 19.4. The molecule has 4 nitrogen and oxygen atoms in total. The van der Waals surface area contributed by atoms with E-state index in [1.807, 2.05) is 55.0 Å². The molecule has 0 atom stereocenters. The standard InChI is InChI=1S/C27H35F3N4/c1-7-16-33(6)21(4)22(5)34(19-23-14-12-20(3)13-15-23)26(32-31-8-2)18-24-10-9-11-25(17-24)27(28,29)30/h9-15,17,31H,4-5,7-8,16,18-19H2,1-3,6H3/b32-26-. The molecule has 0 saturated carbocycles. The van der Waals surface area contributed by atoms with Gasteiger partial charge in [-0.3, -0.25) is 0 Å². The number of nitrogens with one attached hydrogen (secondary N) is 1. The van der Waals surface area contributed by atoms with Crippen LogP contribution in [0.5, 0.6) is 0 Å². The monoisotopic (exact) mass is 472 g/mol. The van der Waals surface area contributed by atoms with E-state index in [1.54, 1.807) is 6.07 Å². The number of hydrazone groups is 1. The van der Waals surface area contributed by atoms with E-state index < -0.39 is 11.7 Å². The molecule has 0 heterocycles. The van der Waals surface area contributed by atoms with Gasteiger partial charge in [0.1, 0.15) is 5.84 Å². The Bertz CT molecular complexity index is 994. The third-order valence-corrected chi connectivity index (χ3v) is 5.43. The van der Waals surface area contributed by atoms with Gasteiger partial charge in [0.25, 0.3) is 0 Å². The van der Waals surface area contributed by atoms with Crippen LogP contribution in [0.2, 0.25) is 0 Å². The third kappa shape index (κ3) is 7.68. The highest BCUT2D eigenvalue weighted by Gasteiger charge is 2.30. The molecular formula is C27H35F3N4. The zero-order valence-electron chi connectivity index (χ0n) is 20.5. The average Bonchev–Trinajstić information content (AvgIpc) is 2.80. The van der Waals surface area contributed by atoms with Crippen molar-refractivity contribution in [2.24, 2.45) is 5.10 Å². The second-order valence-corrected chi connectivity index (χ2v) is 8.30. The number of hydrogen-bond acceptors (Lipinski definition) is 3. The summed E-state index contributed by atoms with van der Waals surface area (Å²) in [6.45, 7) is 16.4. The Kier molecular flexibility index (Phi) is 9.78. The van der Waals surface area contributed by atoms with Crippen LogP contribution < -0.4 is 5.43 Å². The number of amidine groups is 1. The summed E-state index contributed by atoms with van der Waals surface area (Å²) in [7, 11) is 1.95. The van der Waals surface area contributed by atoms with Crippen molar-refractivity contribution in [1.29, 1.82) is 0 Å². The van der Waals surface area contributed by atoms with Crippen LogP contribution in [0.1, 0.15) is 42.5 Å². The fraction of sp³-hybridized carbons (Fsp3) is 0.370. The Morgan fingerprint density at radius 2 is 1.68 bits per heavy atom. The van der Waals surface area contributed by atoms with Gasteiger partial charge < -0.3 is 15.2 Å². The molecular weight excluding hydrogens is 437 g/mol. The van der Waals surface area contributed by atoms with E-state index in [0.717, 1.165) is 35.9 Å². The zero-order valence-corrected chi connectivity index (χ0v) is 20.5. The summed E-state index contributed by atoms with van der Waals surface area (Å²) in [4.78, 5) is 3.96. The van der Waals surface area contributed by atoms with Gasteiger partial charge in [-0.05, 0) is 37.5 Å². The van der Waals surface area contributed by atoms with Gasteiger partial charge in [-0.25, -0.2) is 0 Å². The summed E-state index contributed by atoms with van der Waals surface area (Å²) < 4.78 is 39.9. The van der Waals surface area contributed by atoms with Crippen LogP contribution in [-0.2, 0) is 19.1 Å². The predicted molar refractivity (Wildman–Crippen MR) is 134 cm³/mol. The molecule has 0 saturated heterocycles. The van der Waals surface area contributed by atoms with Gasteiger partial charge in [-0.1, -0.05) is 68.1 Å². The first-order valence-electron chi connectivity index (χ1n) is 11.4. The van der Waals surface area contributed by atoms with Crippen LogP contribution >= 0.6 is 0 Å². The molecule has 0 aromatic heterocycles. The van der Waals surface area contributed by atoms with Gasteiger partial charge in [0.05, 0.1) is 17.0 Å². The highest BCUT2D eigenvalue weighted by Crippen LogP contribution is 2.30. The SMILES string of the molecule is C=C(C(=C)N(Cc1ccc(C)cc1)/C(Cc1cccc(C(F)(F)F)c1)=N\NCC)N(C)CCC. The van der Waals surface area contributed by atoms with E-state index in [9.17, 15) is 13.2 Å². The van der Waals surface area contributed by atoms with Crippen molar-refractivity contribution in [1.82, 2.24) is 15.2 Å². The first-order valence-corrected chi connectivity index (χ1v) is 11.4. The van der Waals surface area contributed by atoms with Crippen molar-refractivity contribution in [3.05, 3.63) is 95.3 Å². The molecule has 0 unspecified atom stereocenters. The Hall–Kier alpha value is -3.22. The lowest BCUT2D eigenvalue weighted by atomic mass is 10.1. The van der Waals surface area contributed by atoms with Crippen LogP contribution in [0.3, 0.4) is 0 Å². The van der Waals surface area contributed by atoms with E-state index in [1.165, 1.54) is 12.1 Å². The average molecular weight is 473 g/mol. The maximum atomic E-state index is 13.3. The Balaban J connectivity index is 2.47. The number of alkyl halides is 3. The Labute approximate surface area is 201 Å². The molecule has 7 heteroatoms. The molecule has 2 aromatic carbocycles. The van der Waals surface area contributed by atoms with E-state index in [0.29, 0.717) is 30.2 Å². The minimum absolute atomic E-state index is 0.201. The summed E-state index contributed by atoms with van der Waals surface area (Å²) in [6, 6.07) is 13.5. The van der Waals surface area contributed by atoms with Crippen LogP contribution in [0, 0.1) is 6.92 Å². The van der Waals surface area contributed by atoms with Crippen molar-refractivity contribution in [3.63, 3.8) is 0 Å². The van der Waals surface area contributed by atoms with Crippen molar-refractivity contribution in [2.45, 2.75) is 46.3 Å². The minimum Gasteiger partial charge on any atom is -0.373 e. The molecule has 0 amide bonds. The van der Waals surface area contributed by atoms with Gasteiger partial charge in [0.15, 0.2) is 0 Å². The summed E-state index contributed by atoms with van der Waals surface area (Å²) >= 11 is 0. The topological polar surface area (TPSA) is 30.9 Å². The molecule has 0 bridgehead atoms. The molecule has 0 aliphatic heterocycles. The molecule has 34 heavy (non-hydrogen) atoms. The molecule has 0 spiro atoms. The number of aryl methyl sites for hydroxylation is 1. The molecule has 0 fully saturated rings. The fourth-order valence-corrected chi connectivity index (χ4v) is 3.47. The van der Waals surface area contributed by atoms with Crippen molar-refractivity contribution >= 4 is 5.84 Å². The quantitative estimate of drug-likeness (QED) is 0.179. The number of halogens is 3. The predicted octanol–water partition coefficient (Wildman–Crippen LogP) is 6.35. The molecule has 0 aliphatic rings. The smallest absolute Gasteiger partial charge is 0.373 e. The van der Waals surface area contributed by atoms with Gasteiger partial charge in [-0.2, -0.15) is 18.3 Å². The van der Waals surface area contributed by atoms with Gasteiger partial charge in [0, 0.05) is 33.1 Å². The molecule has 2 aromatic rings. The normalized spacial score (nSPS) is 11.8. The van der Waals surface area contributed by atoms with E-state index >= 15 is 0 Å². The third-order valence-electron chi connectivity index (χ3n) is 5.43. The number of likely N-dealkylation sites (N-methyl/N-ethyl adjacent to an activating group) is 1. The maximum Gasteiger partial charge on any atom is 0.416 e. The van der Waals surface area contributed by atoms with Gasteiger partial charge in [0.2, 0.25) is 0 Å². The lowest BCUT2D eigenvalue weighted by molar-refractivity contribution is -0.137. The van der Waals surface area contributed by atoms with Crippen molar-refractivity contribution in [2.75, 3.05) is 20.1 Å². The molecule has 184 valence electrons. The van der Waals surface area contributed by atoms with Crippen LogP contribution in [-0.4, -0.2) is 35.8 Å². The van der Waals surface area contributed by atoms with Crippen molar-refractivity contribution in [3.8, 4) is 0 Å². The van der Waals surface area contributed by atoms with Gasteiger partial charge >= 0.3 is 6.18 Å². The molecule has 0 radical (unpaired) electrons. The summed E-state index contributed by atoms with van der Waals surface area (Å²) in [5.74, 6) is 0.567. The second kappa shape index (κ2) is 12.3. The minimum atomic E-state index is -4.41. The summed E-state index contributed by atoms with van der Waals surface area (Å²) in [6.07, 6.45) is -3.26. The maximum absolute atomic E-state index is 13.3. The van der Waals surface area contributed by atoms with E-state index in [4.69, 9.17) is 0 Å². The molecule has 1 N–H and O–H groups in total. The Morgan fingerprint density at radius 1 is 1.00 bits per heavy atom. The lowest BCUT2D eigenvalue weighted by Gasteiger charge is -2.33. The number of nitrogens with zero attached hydrogens (tertiary/aromatic N) is 3. The number of benzene rings is 2.